The Labute approximate surface area is 565 Å². The molecule has 0 amide bonds. The quantitative estimate of drug-likeness (QED) is 0.0146. The van der Waals surface area contributed by atoms with E-state index in [0.717, 1.165) is 122 Å². The fraction of sp³-hybridized carbons (Fsp3) is 0.747. The summed E-state index contributed by atoms with van der Waals surface area (Å²) in [6, 6.07) is 0. The van der Waals surface area contributed by atoms with Crippen LogP contribution < -0.4 is 0 Å². The fourth-order valence-electron chi connectivity index (χ4n) is 9.72. The van der Waals surface area contributed by atoms with Crippen molar-refractivity contribution in [2.24, 2.45) is 0 Å². The van der Waals surface area contributed by atoms with Crippen molar-refractivity contribution in [3.8, 4) is 0 Å². The number of carbonyl (C=O) groups is 3. The first-order valence-corrected chi connectivity index (χ1v) is 39.5. The Morgan fingerprint density at radius 2 is 0.570 bits per heavy atom. The number of rotatable bonds is 69. The maximum absolute atomic E-state index is 12.9. The van der Waals surface area contributed by atoms with Gasteiger partial charge in [0.25, 0.3) is 0 Å². The molecule has 0 saturated heterocycles. The molecule has 0 aliphatic carbocycles. The van der Waals surface area contributed by atoms with Crippen LogP contribution in [0.4, 0.5) is 0 Å². The predicted molar refractivity (Wildman–Crippen MR) is 381 cm³/mol. The molecule has 0 aromatic rings. The van der Waals surface area contributed by atoms with E-state index < -0.39 is 91.5 Å². The number of hydrogen-bond donors (Lipinski definition) is 4. The number of ether oxygens (including phenoxy) is 3. The molecule has 4 N–H and O–H groups in total. The lowest BCUT2D eigenvalue weighted by atomic mass is 10.0. The molecular weight excluding hydrogens is 1220 g/mol. The topological polar surface area (TPSA) is 231 Å². The number of phosphoric acid groups is 2. The molecule has 18 heteroatoms. The van der Waals surface area contributed by atoms with Crippen LogP contribution in [0.3, 0.4) is 0 Å². The average molecular weight is 1350 g/mol. The number of unbranched alkanes of at least 4 members (excludes halogenated alkanes) is 30. The van der Waals surface area contributed by atoms with E-state index in [1.54, 1.807) is 0 Å². The molecule has 16 nitrogen and oxygen atoms in total. The number of aliphatic hydroxyl groups excluding tert-OH is 2. The standard InChI is InChI=1S/C75H132O16P2/c1-4-7-10-13-16-19-22-25-27-29-30-31-32-33-34-35-36-37-38-40-42-44-46-49-52-55-58-61-73(78)85-64-70(76)65-87-92(81,82)88-66-71(77)67-89-93(83,84)90-69-72(91-75(80)63-60-57-54-51-48-43-24-21-18-15-12-9-6-3)68-86-74(79)62-59-56-53-50-47-45-41-39-28-26-23-20-17-14-11-8-5-2/h8,11,16-17,19-20,25-28,30-31,33-34,41,45,70-72,76-77H,4-7,9-10,12-15,18,21-24,29,32,35-40,42-44,46-69H2,1-3H3,(H,81,82)(H,83,84)/b11-8-,19-16-,20-17-,27-25-,28-26-,31-30-,34-33-,45-41-. The van der Waals surface area contributed by atoms with Gasteiger partial charge in [0.2, 0.25) is 0 Å². The minimum Gasteiger partial charge on any atom is -0.463 e. The second-order valence-electron chi connectivity index (χ2n) is 24.4. The molecule has 538 valence electrons. The highest BCUT2D eigenvalue weighted by Gasteiger charge is 2.29. The molecule has 93 heavy (non-hydrogen) atoms. The summed E-state index contributed by atoms with van der Waals surface area (Å²) in [6.07, 6.45) is 76.0. The van der Waals surface area contributed by atoms with Crippen LogP contribution in [0.15, 0.2) is 97.2 Å². The number of carbonyl (C=O) groups excluding carboxylic acids is 3. The van der Waals surface area contributed by atoms with Gasteiger partial charge in [-0.05, 0) is 103 Å². The second-order valence-corrected chi connectivity index (χ2v) is 27.3. The highest BCUT2D eigenvalue weighted by atomic mass is 31.2. The van der Waals surface area contributed by atoms with E-state index in [4.69, 9.17) is 32.3 Å². The van der Waals surface area contributed by atoms with Crippen molar-refractivity contribution in [3.63, 3.8) is 0 Å². The molecule has 0 fully saturated rings. The highest BCUT2D eigenvalue weighted by Crippen LogP contribution is 2.45. The van der Waals surface area contributed by atoms with Crippen LogP contribution in [-0.2, 0) is 55.8 Å². The molecule has 0 bridgehead atoms. The van der Waals surface area contributed by atoms with Crippen molar-refractivity contribution < 1.29 is 75.8 Å². The van der Waals surface area contributed by atoms with Crippen molar-refractivity contribution in [2.75, 3.05) is 39.6 Å². The van der Waals surface area contributed by atoms with E-state index in [-0.39, 0.29) is 19.3 Å². The number of esters is 3. The minimum absolute atomic E-state index is 0.102. The van der Waals surface area contributed by atoms with Crippen molar-refractivity contribution in [1.29, 1.82) is 0 Å². The summed E-state index contributed by atoms with van der Waals surface area (Å²) in [5, 5.41) is 20.6. The van der Waals surface area contributed by atoms with Crippen LogP contribution in [0.25, 0.3) is 0 Å². The molecule has 0 radical (unpaired) electrons. The number of allylic oxidation sites excluding steroid dienone is 16. The van der Waals surface area contributed by atoms with E-state index in [1.165, 1.54) is 122 Å². The summed E-state index contributed by atoms with van der Waals surface area (Å²) < 4.78 is 60.9. The van der Waals surface area contributed by atoms with E-state index in [9.17, 15) is 43.5 Å². The van der Waals surface area contributed by atoms with Crippen LogP contribution in [0.1, 0.15) is 303 Å². The molecule has 5 atom stereocenters. The zero-order valence-electron chi connectivity index (χ0n) is 58.4. The van der Waals surface area contributed by atoms with Crippen LogP contribution >= 0.6 is 15.6 Å². The third-order valence-electron chi connectivity index (χ3n) is 15.3. The molecule has 0 aliphatic rings. The van der Waals surface area contributed by atoms with E-state index in [2.05, 4.69) is 118 Å². The lowest BCUT2D eigenvalue weighted by Gasteiger charge is -2.21. The molecule has 0 heterocycles. The first-order chi connectivity index (χ1) is 45.2. The van der Waals surface area contributed by atoms with Crippen molar-refractivity contribution in [1.82, 2.24) is 0 Å². The molecule has 0 rings (SSSR count). The Morgan fingerprint density at radius 1 is 0.312 bits per heavy atom. The largest absolute Gasteiger partial charge is 0.472 e. The van der Waals surface area contributed by atoms with Crippen LogP contribution in [0.5, 0.6) is 0 Å². The monoisotopic (exact) mass is 1350 g/mol. The van der Waals surface area contributed by atoms with Gasteiger partial charge in [-0.2, -0.15) is 0 Å². The van der Waals surface area contributed by atoms with Crippen LogP contribution in [0.2, 0.25) is 0 Å². The third kappa shape index (κ3) is 69.6. The lowest BCUT2D eigenvalue weighted by Crippen LogP contribution is -2.30. The summed E-state index contributed by atoms with van der Waals surface area (Å²) in [4.78, 5) is 58.4. The Morgan fingerprint density at radius 3 is 0.925 bits per heavy atom. The molecule has 0 aliphatic heterocycles. The average Bonchev–Trinajstić information content (AvgIpc) is 2.66. The van der Waals surface area contributed by atoms with Gasteiger partial charge >= 0.3 is 33.6 Å². The third-order valence-corrected chi connectivity index (χ3v) is 17.2. The number of hydrogen-bond acceptors (Lipinski definition) is 14. The van der Waals surface area contributed by atoms with Gasteiger partial charge in [0.15, 0.2) is 6.10 Å². The van der Waals surface area contributed by atoms with Gasteiger partial charge < -0.3 is 34.2 Å². The SMILES string of the molecule is CC/C=C\C/C=C\C/C=C\C/C=C\CCCCCCC(=O)OCC(COP(=O)(O)OCC(O)COP(=O)(O)OCC(O)COC(=O)CCCCCCCCCCCCC/C=C\C/C=C\C/C=C\C/C=C\CCCCC)OC(=O)CCCCCCCCCCCCCCC. The van der Waals surface area contributed by atoms with Gasteiger partial charge in [-0.3, -0.25) is 32.5 Å². The maximum atomic E-state index is 12.9. The van der Waals surface area contributed by atoms with E-state index in [0.29, 0.717) is 19.3 Å². The molecule has 0 spiro atoms. The van der Waals surface area contributed by atoms with Gasteiger partial charge in [-0.25, -0.2) is 9.13 Å². The Balaban J connectivity index is 4.51. The van der Waals surface area contributed by atoms with Gasteiger partial charge in [-0.1, -0.05) is 279 Å². The lowest BCUT2D eigenvalue weighted by molar-refractivity contribution is -0.161. The van der Waals surface area contributed by atoms with Gasteiger partial charge in [0.1, 0.15) is 25.4 Å². The Bertz CT molecular complexity index is 2080. The number of aliphatic hydroxyl groups is 2. The van der Waals surface area contributed by atoms with Crippen LogP contribution in [-0.4, -0.2) is 95.9 Å². The highest BCUT2D eigenvalue weighted by molar-refractivity contribution is 7.47. The predicted octanol–water partition coefficient (Wildman–Crippen LogP) is 20.6. The summed E-state index contributed by atoms with van der Waals surface area (Å²) in [7, 11) is -9.78. The summed E-state index contributed by atoms with van der Waals surface area (Å²) >= 11 is 0. The second kappa shape index (κ2) is 68.4. The van der Waals surface area contributed by atoms with E-state index in [1.807, 2.05) is 0 Å². The summed E-state index contributed by atoms with van der Waals surface area (Å²) in [5.41, 5.74) is 0. The molecular formula is C75H132O16P2. The molecule has 5 unspecified atom stereocenters. The first kappa shape index (κ1) is 89.5. The zero-order chi connectivity index (χ0) is 68.1. The molecule has 0 aromatic carbocycles. The van der Waals surface area contributed by atoms with Crippen LogP contribution in [0, 0.1) is 0 Å². The smallest absolute Gasteiger partial charge is 0.463 e. The summed E-state index contributed by atoms with van der Waals surface area (Å²) in [6.45, 7) is 2.52. The molecule has 0 saturated carbocycles. The maximum Gasteiger partial charge on any atom is 0.472 e. The first-order valence-electron chi connectivity index (χ1n) is 36.5. The minimum atomic E-state index is -4.93. The van der Waals surface area contributed by atoms with Crippen molar-refractivity contribution in [2.45, 2.75) is 322 Å². The van der Waals surface area contributed by atoms with Gasteiger partial charge in [0, 0.05) is 19.3 Å². The number of phosphoric ester groups is 2. The Kier molecular flexibility index (Phi) is 65.8. The van der Waals surface area contributed by atoms with E-state index >= 15 is 0 Å². The zero-order valence-corrected chi connectivity index (χ0v) is 60.2. The Hall–Kier alpha value is -3.53. The summed E-state index contributed by atoms with van der Waals surface area (Å²) in [5.74, 6) is -1.60. The van der Waals surface area contributed by atoms with Crippen molar-refractivity contribution in [3.05, 3.63) is 97.2 Å². The molecule has 0 aromatic heterocycles. The van der Waals surface area contributed by atoms with Crippen molar-refractivity contribution >= 4 is 33.6 Å². The van der Waals surface area contributed by atoms with Gasteiger partial charge in [0.05, 0.1) is 26.4 Å². The fourth-order valence-corrected chi connectivity index (χ4v) is 11.3. The normalized spacial score (nSPS) is 14.7. The van der Waals surface area contributed by atoms with Gasteiger partial charge in [-0.15, -0.1) is 0 Å².